The van der Waals surface area contributed by atoms with Crippen molar-refractivity contribution in [1.29, 1.82) is 0 Å². The molecule has 0 bridgehead atoms. The van der Waals surface area contributed by atoms with Crippen molar-refractivity contribution < 1.29 is 24.2 Å². The molecule has 1 aromatic heterocycles. The second kappa shape index (κ2) is 6.85. The van der Waals surface area contributed by atoms with E-state index in [2.05, 4.69) is 10.3 Å². The standard InChI is InChI=1S/C19H15ClN2O5/c20-11-2-4-13-10(8-11)9-15(21-13)18(23)22-14-5-3-12(19(24)25)16-17(14)27-7-1-6-26-16/h2-5,8-9,21H,1,6-7H2,(H,22,23)(H,24,25). The fourth-order valence-corrected chi connectivity index (χ4v) is 3.12. The number of benzene rings is 2. The number of carboxylic acid groups (broad SMARTS) is 1. The van der Waals surface area contributed by atoms with E-state index in [4.69, 9.17) is 21.1 Å². The molecule has 0 saturated carbocycles. The summed E-state index contributed by atoms with van der Waals surface area (Å²) in [6, 6.07) is 9.86. The molecular formula is C19H15ClN2O5. The highest BCUT2D eigenvalue weighted by molar-refractivity contribution is 6.31. The van der Waals surface area contributed by atoms with E-state index in [-0.39, 0.29) is 23.0 Å². The van der Waals surface area contributed by atoms with Gasteiger partial charge in [-0.3, -0.25) is 4.79 Å². The van der Waals surface area contributed by atoms with Gasteiger partial charge in [0.15, 0.2) is 11.5 Å². The minimum Gasteiger partial charge on any atom is -0.489 e. The van der Waals surface area contributed by atoms with Crippen molar-refractivity contribution in [3.8, 4) is 11.5 Å². The number of carbonyl (C=O) groups is 2. The fourth-order valence-electron chi connectivity index (χ4n) is 2.94. The van der Waals surface area contributed by atoms with Gasteiger partial charge < -0.3 is 24.9 Å². The Kier molecular flexibility index (Phi) is 4.37. The number of fused-ring (bicyclic) bond motifs is 2. The van der Waals surface area contributed by atoms with Crippen molar-refractivity contribution in [3.63, 3.8) is 0 Å². The number of halogens is 1. The third-order valence-electron chi connectivity index (χ3n) is 4.20. The molecule has 3 aromatic rings. The number of carboxylic acids is 1. The molecule has 27 heavy (non-hydrogen) atoms. The molecule has 3 N–H and O–H groups in total. The topological polar surface area (TPSA) is 101 Å². The lowest BCUT2D eigenvalue weighted by Crippen LogP contribution is -2.14. The van der Waals surface area contributed by atoms with E-state index in [9.17, 15) is 14.7 Å². The first-order valence-corrected chi connectivity index (χ1v) is 8.66. The maximum atomic E-state index is 12.7. The second-order valence-corrected chi connectivity index (χ2v) is 6.48. The number of anilines is 1. The molecule has 1 amide bonds. The largest absolute Gasteiger partial charge is 0.489 e. The first kappa shape index (κ1) is 17.2. The van der Waals surface area contributed by atoms with E-state index in [1.807, 2.05) is 0 Å². The lowest BCUT2D eigenvalue weighted by atomic mass is 10.1. The SMILES string of the molecule is O=C(Nc1ccc(C(=O)O)c2c1OCCCO2)c1cc2cc(Cl)ccc2[nH]1. The highest BCUT2D eigenvalue weighted by Gasteiger charge is 2.24. The van der Waals surface area contributed by atoms with Crippen LogP contribution in [0.1, 0.15) is 27.3 Å². The number of aromatic carboxylic acids is 1. The lowest BCUT2D eigenvalue weighted by Gasteiger charge is -2.15. The first-order valence-electron chi connectivity index (χ1n) is 8.28. The van der Waals surface area contributed by atoms with E-state index >= 15 is 0 Å². The third kappa shape index (κ3) is 3.29. The fraction of sp³-hybridized carbons (Fsp3) is 0.158. The number of hydrogen-bond acceptors (Lipinski definition) is 4. The van der Waals surface area contributed by atoms with Crippen LogP contribution in [0.4, 0.5) is 5.69 Å². The maximum absolute atomic E-state index is 12.7. The lowest BCUT2D eigenvalue weighted by molar-refractivity contribution is 0.0692. The van der Waals surface area contributed by atoms with Gasteiger partial charge in [0, 0.05) is 22.3 Å². The molecule has 0 spiro atoms. The van der Waals surface area contributed by atoms with Crippen molar-refractivity contribution in [2.75, 3.05) is 18.5 Å². The van der Waals surface area contributed by atoms with Crippen molar-refractivity contribution in [2.24, 2.45) is 0 Å². The van der Waals surface area contributed by atoms with Crippen LogP contribution in [0.3, 0.4) is 0 Å². The average molecular weight is 387 g/mol. The van der Waals surface area contributed by atoms with Crippen LogP contribution in [0.2, 0.25) is 5.02 Å². The Morgan fingerprint density at radius 1 is 1.07 bits per heavy atom. The molecule has 4 rings (SSSR count). The molecule has 0 atom stereocenters. The number of rotatable bonds is 3. The highest BCUT2D eigenvalue weighted by Crippen LogP contribution is 2.40. The first-order chi connectivity index (χ1) is 13.0. The van der Waals surface area contributed by atoms with Crippen LogP contribution in [0, 0.1) is 0 Å². The molecule has 0 unspecified atom stereocenters. The molecular weight excluding hydrogens is 372 g/mol. The Balaban J connectivity index is 1.68. The van der Waals surface area contributed by atoms with Gasteiger partial charge >= 0.3 is 5.97 Å². The molecule has 8 heteroatoms. The van der Waals surface area contributed by atoms with Crippen molar-refractivity contribution >= 4 is 40.1 Å². The summed E-state index contributed by atoms with van der Waals surface area (Å²) in [6.45, 7) is 0.706. The maximum Gasteiger partial charge on any atom is 0.339 e. The molecule has 0 aliphatic carbocycles. The number of carbonyl (C=O) groups excluding carboxylic acids is 1. The van der Waals surface area contributed by atoms with E-state index in [1.165, 1.54) is 12.1 Å². The number of ether oxygens (including phenoxy) is 2. The summed E-state index contributed by atoms with van der Waals surface area (Å²) in [6.07, 6.45) is 0.615. The van der Waals surface area contributed by atoms with Gasteiger partial charge in [-0.2, -0.15) is 0 Å². The van der Waals surface area contributed by atoms with Gasteiger partial charge in [0.2, 0.25) is 0 Å². The van der Waals surface area contributed by atoms with E-state index in [1.54, 1.807) is 24.3 Å². The Hall–Kier alpha value is -3.19. The van der Waals surface area contributed by atoms with Gasteiger partial charge in [0.05, 0.1) is 18.9 Å². The molecule has 0 fully saturated rings. The van der Waals surface area contributed by atoms with Gasteiger partial charge in [-0.25, -0.2) is 4.79 Å². The number of H-pyrrole nitrogens is 1. The molecule has 2 heterocycles. The minimum absolute atomic E-state index is 0.00912. The summed E-state index contributed by atoms with van der Waals surface area (Å²) in [7, 11) is 0. The molecule has 1 aliphatic rings. The van der Waals surface area contributed by atoms with Crippen LogP contribution in [-0.2, 0) is 0 Å². The van der Waals surface area contributed by atoms with Crippen LogP contribution < -0.4 is 14.8 Å². The van der Waals surface area contributed by atoms with Gasteiger partial charge in [-0.05, 0) is 36.4 Å². The van der Waals surface area contributed by atoms with Crippen LogP contribution in [0.15, 0.2) is 36.4 Å². The summed E-state index contributed by atoms with van der Waals surface area (Å²) >= 11 is 5.98. The summed E-state index contributed by atoms with van der Waals surface area (Å²) in [4.78, 5) is 27.1. The molecule has 0 saturated heterocycles. The van der Waals surface area contributed by atoms with Gasteiger partial charge in [0.25, 0.3) is 5.91 Å². The summed E-state index contributed by atoms with van der Waals surface area (Å²) in [5, 5.41) is 13.5. The van der Waals surface area contributed by atoms with Crippen LogP contribution >= 0.6 is 11.6 Å². The highest BCUT2D eigenvalue weighted by atomic mass is 35.5. The summed E-state index contributed by atoms with van der Waals surface area (Å²) in [5.41, 5.74) is 1.46. The smallest absolute Gasteiger partial charge is 0.339 e. The zero-order valence-corrected chi connectivity index (χ0v) is 14.8. The van der Waals surface area contributed by atoms with Gasteiger partial charge in [-0.15, -0.1) is 0 Å². The van der Waals surface area contributed by atoms with E-state index in [0.717, 1.165) is 10.9 Å². The number of hydrogen-bond donors (Lipinski definition) is 3. The van der Waals surface area contributed by atoms with Crippen LogP contribution in [0.5, 0.6) is 11.5 Å². The molecule has 1 aliphatic heterocycles. The predicted octanol–water partition coefficient (Wildman–Crippen LogP) is 3.93. The Labute approximate surface area is 158 Å². The minimum atomic E-state index is -1.12. The van der Waals surface area contributed by atoms with Gasteiger partial charge in [-0.1, -0.05) is 11.6 Å². The molecule has 2 aromatic carbocycles. The number of aromatic amines is 1. The van der Waals surface area contributed by atoms with E-state index < -0.39 is 5.97 Å². The number of amides is 1. The Morgan fingerprint density at radius 2 is 1.85 bits per heavy atom. The summed E-state index contributed by atoms with van der Waals surface area (Å²) < 4.78 is 11.2. The zero-order valence-electron chi connectivity index (χ0n) is 14.0. The van der Waals surface area contributed by atoms with Crippen LogP contribution in [-0.4, -0.2) is 35.2 Å². The monoisotopic (exact) mass is 386 g/mol. The Morgan fingerprint density at radius 3 is 2.63 bits per heavy atom. The molecule has 138 valence electrons. The quantitative estimate of drug-likeness (QED) is 0.633. The molecule has 0 radical (unpaired) electrons. The van der Waals surface area contributed by atoms with Crippen LogP contribution in [0.25, 0.3) is 10.9 Å². The second-order valence-electron chi connectivity index (χ2n) is 6.04. The normalized spacial score (nSPS) is 13.2. The summed E-state index contributed by atoms with van der Waals surface area (Å²) in [5.74, 6) is -1.16. The van der Waals surface area contributed by atoms with Crippen molar-refractivity contribution in [3.05, 3.63) is 52.7 Å². The average Bonchev–Trinajstić information content (AvgIpc) is 2.89. The van der Waals surface area contributed by atoms with Crippen molar-refractivity contribution in [2.45, 2.75) is 6.42 Å². The van der Waals surface area contributed by atoms with E-state index in [0.29, 0.717) is 36.0 Å². The van der Waals surface area contributed by atoms with Crippen molar-refractivity contribution in [1.82, 2.24) is 4.98 Å². The Bertz CT molecular complexity index is 1060. The third-order valence-corrected chi connectivity index (χ3v) is 4.43. The number of aromatic nitrogens is 1. The van der Waals surface area contributed by atoms with Gasteiger partial charge in [0.1, 0.15) is 11.3 Å². The zero-order chi connectivity index (χ0) is 19.0. The molecule has 7 nitrogen and oxygen atoms in total. The number of nitrogens with one attached hydrogen (secondary N) is 2. The predicted molar refractivity (Wildman–Crippen MR) is 100 cm³/mol.